The molecule has 124 valence electrons. The molecule has 0 spiro atoms. The number of benzene rings is 1. The molecule has 6 nitrogen and oxygen atoms in total. The SMILES string of the molecule is CCCc1nnc(SCCCOc2c(C=O)cccc2OC)o1. The summed E-state index contributed by atoms with van der Waals surface area (Å²) in [5.41, 5.74) is 0.484. The largest absolute Gasteiger partial charge is 0.493 e. The minimum atomic E-state index is 0.476. The van der Waals surface area contributed by atoms with Gasteiger partial charge in [0.1, 0.15) is 0 Å². The van der Waals surface area contributed by atoms with Gasteiger partial charge in [0.05, 0.1) is 19.3 Å². The highest BCUT2D eigenvalue weighted by atomic mass is 32.2. The first-order chi connectivity index (χ1) is 11.3. The Morgan fingerprint density at radius 2 is 2.22 bits per heavy atom. The molecule has 0 aliphatic rings. The van der Waals surface area contributed by atoms with E-state index in [9.17, 15) is 4.79 Å². The fraction of sp³-hybridized carbons (Fsp3) is 0.438. The van der Waals surface area contributed by atoms with Gasteiger partial charge in [-0.15, -0.1) is 10.2 Å². The van der Waals surface area contributed by atoms with Crippen molar-refractivity contribution in [2.75, 3.05) is 19.5 Å². The van der Waals surface area contributed by atoms with Crippen LogP contribution in [-0.2, 0) is 6.42 Å². The van der Waals surface area contributed by atoms with Crippen molar-refractivity contribution in [1.82, 2.24) is 10.2 Å². The summed E-state index contributed by atoms with van der Waals surface area (Å²) in [6.45, 7) is 2.55. The number of hydrogen-bond acceptors (Lipinski definition) is 7. The normalized spacial score (nSPS) is 10.5. The van der Waals surface area contributed by atoms with E-state index in [1.807, 2.05) is 0 Å². The zero-order chi connectivity index (χ0) is 16.5. The van der Waals surface area contributed by atoms with Crippen molar-refractivity contribution in [2.45, 2.75) is 31.4 Å². The lowest BCUT2D eigenvalue weighted by molar-refractivity contribution is 0.111. The van der Waals surface area contributed by atoms with Crippen LogP contribution < -0.4 is 9.47 Å². The molecule has 1 aromatic carbocycles. The van der Waals surface area contributed by atoms with E-state index in [1.165, 1.54) is 11.8 Å². The zero-order valence-electron chi connectivity index (χ0n) is 13.3. The fourth-order valence-electron chi connectivity index (χ4n) is 1.94. The minimum Gasteiger partial charge on any atom is -0.493 e. The first-order valence-corrected chi connectivity index (χ1v) is 8.47. The fourth-order valence-corrected chi connectivity index (χ4v) is 2.64. The third-order valence-electron chi connectivity index (χ3n) is 3.03. The predicted octanol–water partition coefficient (Wildman–Crippen LogP) is 3.40. The number of hydrogen-bond donors (Lipinski definition) is 0. The number of carbonyl (C=O) groups excluding carboxylic acids is 1. The van der Waals surface area contributed by atoms with Crippen LogP contribution in [0.2, 0.25) is 0 Å². The average molecular weight is 336 g/mol. The van der Waals surface area contributed by atoms with Crippen LogP contribution in [0.15, 0.2) is 27.8 Å². The van der Waals surface area contributed by atoms with Crippen LogP contribution in [0, 0.1) is 0 Å². The minimum absolute atomic E-state index is 0.476. The topological polar surface area (TPSA) is 74.5 Å². The molecule has 0 aliphatic heterocycles. The number of para-hydroxylation sites is 1. The number of aromatic nitrogens is 2. The summed E-state index contributed by atoms with van der Waals surface area (Å²) in [6.07, 6.45) is 3.34. The van der Waals surface area contributed by atoms with Gasteiger partial charge in [-0.1, -0.05) is 24.8 Å². The summed E-state index contributed by atoms with van der Waals surface area (Å²) in [5, 5.41) is 8.54. The lowest BCUT2D eigenvalue weighted by Crippen LogP contribution is -2.03. The van der Waals surface area contributed by atoms with Crippen molar-refractivity contribution < 1.29 is 18.7 Å². The van der Waals surface area contributed by atoms with Crippen LogP contribution in [0.1, 0.15) is 36.0 Å². The number of carbonyl (C=O) groups is 1. The van der Waals surface area contributed by atoms with Crippen LogP contribution in [-0.4, -0.2) is 36.0 Å². The van der Waals surface area contributed by atoms with Crippen LogP contribution in [0.5, 0.6) is 11.5 Å². The maximum absolute atomic E-state index is 11.1. The molecule has 1 aromatic heterocycles. The molecule has 0 aliphatic carbocycles. The molecule has 1 heterocycles. The highest BCUT2D eigenvalue weighted by Gasteiger charge is 2.10. The Hall–Kier alpha value is -2.02. The van der Waals surface area contributed by atoms with E-state index in [4.69, 9.17) is 13.9 Å². The Labute approximate surface area is 139 Å². The maximum Gasteiger partial charge on any atom is 0.276 e. The van der Waals surface area contributed by atoms with E-state index >= 15 is 0 Å². The van der Waals surface area contributed by atoms with Crippen molar-refractivity contribution in [3.63, 3.8) is 0 Å². The zero-order valence-corrected chi connectivity index (χ0v) is 14.1. The van der Waals surface area contributed by atoms with Crippen LogP contribution in [0.3, 0.4) is 0 Å². The quantitative estimate of drug-likeness (QED) is 0.374. The van der Waals surface area contributed by atoms with Gasteiger partial charge in [-0.3, -0.25) is 4.79 Å². The van der Waals surface area contributed by atoms with Gasteiger partial charge >= 0.3 is 0 Å². The number of aldehydes is 1. The highest BCUT2D eigenvalue weighted by Crippen LogP contribution is 2.30. The van der Waals surface area contributed by atoms with E-state index in [-0.39, 0.29) is 0 Å². The summed E-state index contributed by atoms with van der Waals surface area (Å²) in [7, 11) is 1.55. The third-order valence-corrected chi connectivity index (χ3v) is 3.93. The molecule has 2 aromatic rings. The molecule has 0 radical (unpaired) electrons. The van der Waals surface area contributed by atoms with Gasteiger partial charge < -0.3 is 13.9 Å². The maximum atomic E-state index is 11.1. The molecule has 23 heavy (non-hydrogen) atoms. The lowest BCUT2D eigenvalue weighted by Gasteiger charge is -2.12. The van der Waals surface area contributed by atoms with E-state index in [2.05, 4.69) is 17.1 Å². The number of thioether (sulfide) groups is 1. The summed E-state index contributed by atoms with van der Waals surface area (Å²) >= 11 is 1.50. The molecule has 0 fully saturated rings. The van der Waals surface area contributed by atoms with E-state index < -0.39 is 0 Å². The van der Waals surface area contributed by atoms with Crippen LogP contribution in [0.4, 0.5) is 0 Å². The van der Waals surface area contributed by atoms with Crippen molar-refractivity contribution in [1.29, 1.82) is 0 Å². The number of nitrogens with zero attached hydrogens (tertiary/aromatic N) is 2. The molecular formula is C16H20N2O4S. The van der Waals surface area contributed by atoms with E-state index in [1.54, 1.807) is 25.3 Å². The second kappa shape index (κ2) is 9.19. The van der Waals surface area contributed by atoms with Crippen molar-refractivity contribution in [2.24, 2.45) is 0 Å². The predicted molar refractivity (Wildman–Crippen MR) is 87.5 cm³/mol. The van der Waals surface area contributed by atoms with Gasteiger partial charge in [-0.25, -0.2) is 0 Å². The molecule has 0 N–H and O–H groups in total. The molecule has 2 rings (SSSR count). The Kier molecular flexibility index (Phi) is 6.93. The Balaban J connectivity index is 1.78. The van der Waals surface area contributed by atoms with Crippen molar-refractivity contribution in [3.05, 3.63) is 29.7 Å². The summed E-state index contributed by atoms with van der Waals surface area (Å²) in [4.78, 5) is 11.1. The summed E-state index contributed by atoms with van der Waals surface area (Å²) in [6, 6.07) is 5.23. The van der Waals surface area contributed by atoms with Crippen LogP contribution in [0.25, 0.3) is 0 Å². The van der Waals surface area contributed by atoms with Gasteiger partial charge in [0.2, 0.25) is 5.89 Å². The molecule has 0 unspecified atom stereocenters. The third kappa shape index (κ3) is 4.99. The summed E-state index contributed by atoms with van der Waals surface area (Å²) in [5.74, 6) is 2.51. The number of rotatable bonds is 10. The smallest absolute Gasteiger partial charge is 0.276 e. The number of aryl methyl sites for hydroxylation is 1. The van der Waals surface area contributed by atoms with Crippen LogP contribution >= 0.6 is 11.8 Å². The van der Waals surface area contributed by atoms with E-state index in [0.717, 1.165) is 31.3 Å². The number of ether oxygens (including phenoxy) is 2. The standard InChI is InChI=1S/C16H20N2O4S/c1-3-6-14-17-18-16(22-14)23-10-5-9-21-15-12(11-19)7-4-8-13(15)20-2/h4,7-8,11H,3,5-6,9-10H2,1-2H3. The Morgan fingerprint density at radius 3 is 2.96 bits per heavy atom. The second-order valence-corrected chi connectivity index (χ2v) is 5.80. The second-order valence-electron chi connectivity index (χ2n) is 4.76. The molecular weight excluding hydrogens is 316 g/mol. The van der Waals surface area contributed by atoms with Gasteiger partial charge in [0.25, 0.3) is 5.22 Å². The Bertz CT molecular complexity index is 630. The van der Waals surface area contributed by atoms with E-state index in [0.29, 0.717) is 34.8 Å². The van der Waals surface area contributed by atoms with Crippen molar-refractivity contribution >= 4 is 18.0 Å². The van der Waals surface area contributed by atoms with Gasteiger partial charge in [-0.2, -0.15) is 0 Å². The molecule has 0 amide bonds. The lowest BCUT2D eigenvalue weighted by atomic mass is 10.2. The molecule has 0 saturated heterocycles. The van der Waals surface area contributed by atoms with Crippen molar-refractivity contribution in [3.8, 4) is 11.5 Å². The average Bonchev–Trinajstić information content (AvgIpc) is 3.02. The highest BCUT2D eigenvalue weighted by molar-refractivity contribution is 7.99. The Morgan fingerprint density at radius 1 is 1.35 bits per heavy atom. The monoisotopic (exact) mass is 336 g/mol. The molecule has 0 bridgehead atoms. The summed E-state index contributed by atoms with van der Waals surface area (Å²) < 4.78 is 16.4. The molecule has 7 heteroatoms. The first-order valence-electron chi connectivity index (χ1n) is 7.48. The number of methoxy groups -OCH3 is 1. The van der Waals surface area contributed by atoms with Gasteiger partial charge in [0, 0.05) is 12.2 Å². The van der Waals surface area contributed by atoms with Gasteiger partial charge in [-0.05, 0) is 25.0 Å². The molecule has 0 atom stereocenters. The first kappa shape index (κ1) is 17.3. The van der Waals surface area contributed by atoms with Gasteiger partial charge in [0.15, 0.2) is 17.8 Å². The molecule has 0 saturated carbocycles.